The van der Waals surface area contributed by atoms with Crippen molar-refractivity contribution in [3.8, 4) is 0 Å². The minimum absolute atomic E-state index is 0.0957. The Bertz CT molecular complexity index is 535. The minimum atomic E-state index is 0.0957. The number of fused-ring (bicyclic) bond motifs is 1. The Balaban J connectivity index is 2.70. The fraction of sp³-hybridized carbons (Fsp3) is 0.273. The summed E-state index contributed by atoms with van der Waals surface area (Å²) in [5, 5.41) is 5.21. The number of benzene rings is 1. The second kappa shape index (κ2) is 4.46. The van der Waals surface area contributed by atoms with Gasteiger partial charge < -0.3 is 9.73 Å². The van der Waals surface area contributed by atoms with Crippen molar-refractivity contribution < 1.29 is 4.42 Å². The van der Waals surface area contributed by atoms with Gasteiger partial charge in [-0.25, -0.2) is 0 Å². The molecule has 1 aromatic heterocycles. The van der Waals surface area contributed by atoms with Gasteiger partial charge >= 0.3 is 0 Å². The average Bonchev–Trinajstić information content (AvgIpc) is 2.70. The van der Waals surface area contributed by atoms with Gasteiger partial charge in [-0.15, -0.1) is 0 Å². The van der Waals surface area contributed by atoms with Gasteiger partial charge in [-0.3, -0.25) is 0 Å². The van der Waals surface area contributed by atoms with E-state index in [1.54, 1.807) is 6.07 Å². The third kappa shape index (κ3) is 1.91. The molecule has 2 rings (SSSR count). The third-order valence-corrected chi connectivity index (χ3v) is 3.61. The third-order valence-electron chi connectivity index (χ3n) is 2.53. The molecule has 2 nitrogen and oxygen atoms in total. The fourth-order valence-electron chi connectivity index (χ4n) is 1.48. The lowest BCUT2D eigenvalue weighted by Gasteiger charge is -2.04. The van der Waals surface area contributed by atoms with Crippen LogP contribution in [-0.4, -0.2) is 7.05 Å². The highest BCUT2D eigenvalue weighted by molar-refractivity contribution is 6.47. The van der Waals surface area contributed by atoms with Crippen LogP contribution < -0.4 is 5.32 Å². The molecule has 0 saturated heterocycles. The maximum Gasteiger partial charge on any atom is 0.154 e. The van der Waals surface area contributed by atoms with Gasteiger partial charge in [-0.1, -0.05) is 34.8 Å². The van der Waals surface area contributed by atoms with Gasteiger partial charge in [0.25, 0.3) is 0 Å². The van der Waals surface area contributed by atoms with Crippen molar-refractivity contribution in [1.82, 2.24) is 5.32 Å². The summed E-state index contributed by atoms with van der Waals surface area (Å²) >= 11 is 18.1. The summed E-state index contributed by atoms with van der Waals surface area (Å²) in [6, 6.07) is 3.54. The van der Waals surface area contributed by atoms with Gasteiger partial charge in [0, 0.05) is 5.39 Å². The Morgan fingerprint density at radius 1 is 1.19 bits per heavy atom. The monoisotopic (exact) mass is 277 g/mol. The summed E-state index contributed by atoms with van der Waals surface area (Å²) < 4.78 is 5.65. The van der Waals surface area contributed by atoms with Crippen LogP contribution in [0.25, 0.3) is 11.0 Å². The van der Waals surface area contributed by atoms with Crippen molar-refractivity contribution in [2.45, 2.75) is 13.0 Å². The van der Waals surface area contributed by atoms with Crippen LogP contribution in [0.5, 0.6) is 0 Å². The molecule has 0 amide bonds. The van der Waals surface area contributed by atoms with Crippen molar-refractivity contribution in [1.29, 1.82) is 0 Å². The van der Waals surface area contributed by atoms with E-state index < -0.39 is 0 Å². The molecule has 2 aromatic rings. The van der Waals surface area contributed by atoms with Gasteiger partial charge in [0.15, 0.2) is 5.58 Å². The molecule has 86 valence electrons. The molecular formula is C11H10Cl3NO. The van der Waals surface area contributed by atoms with Crippen LogP contribution in [0.3, 0.4) is 0 Å². The standard InChI is InChI=1S/C11H10Cl3NO/c1-5(15-2)9-3-6-10(14)7(12)4-8(13)11(6)16-9/h3-5,15H,1-2H3. The first kappa shape index (κ1) is 12.1. The van der Waals surface area contributed by atoms with Crippen LogP contribution in [0, 0.1) is 0 Å². The van der Waals surface area contributed by atoms with E-state index in [1.807, 2.05) is 20.0 Å². The molecule has 1 heterocycles. The minimum Gasteiger partial charge on any atom is -0.458 e. The zero-order valence-corrected chi connectivity index (χ0v) is 11.0. The van der Waals surface area contributed by atoms with Crippen LogP contribution >= 0.6 is 34.8 Å². The molecule has 0 spiro atoms. The van der Waals surface area contributed by atoms with Crippen LogP contribution in [-0.2, 0) is 0 Å². The van der Waals surface area contributed by atoms with Gasteiger partial charge in [-0.05, 0) is 26.1 Å². The number of hydrogen-bond donors (Lipinski definition) is 1. The Hall–Kier alpha value is -0.410. The molecule has 1 unspecified atom stereocenters. The van der Waals surface area contributed by atoms with E-state index in [-0.39, 0.29) is 6.04 Å². The second-order valence-electron chi connectivity index (χ2n) is 3.56. The normalized spacial score (nSPS) is 13.3. The number of halogens is 3. The molecule has 16 heavy (non-hydrogen) atoms. The topological polar surface area (TPSA) is 25.2 Å². The predicted octanol–water partition coefficient (Wildman–Crippen LogP) is 4.67. The largest absolute Gasteiger partial charge is 0.458 e. The van der Waals surface area contributed by atoms with E-state index in [2.05, 4.69) is 5.32 Å². The van der Waals surface area contributed by atoms with Crippen LogP contribution in [0.2, 0.25) is 15.1 Å². The maximum atomic E-state index is 6.09. The first-order valence-electron chi connectivity index (χ1n) is 4.78. The maximum absolute atomic E-state index is 6.09. The Kier molecular flexibility index (Phi) is 3.36. The highest BCUT2D eigenvalue weighted by Gasteiger charge is 2.16. The van der Waals surface area contributed by atoms with Gasteiger partial charge in [0.2, 0.25) is 0 Å². The Morgan fingerprint density at radius 2 is 1.88 bits per heavy atom. The van der Waals surface area contributed by atoms with Gasteiger partial charge in [-0.2, -0.15) is 0 Å². The second-order valence-corrected chi connectivity index (χ2v) is 4.75. The van der Waals surface area contributed by atoms with E-state index >= 15 is 0 Å². The quantitative estimate of drug-likeness (QED) is 0.807. The Morgan fingerprint density at radius 3 is 2.50 bits per heavy atom. The number of furan rings is 1. The van der Waals surface area contributed by atoms with E-state index in [9.17, 15) is 0 Å². The molecule has 5 heteroatoms. The van der Waals surface area contributed by atoms with E-state index in [0.29, 0.717) is 20.7 Å². The molecule has 0 saturated carbocycles. The highest BCUT2D eigenvalue weighted by Crippen LogP contribution is 2.38. The molecule has 0 aliphatic heterocycles. The van der Waals surface area contributed by atoms with Crippen molar-refractivity contribution in [3.63, 3.8) is 0 Å². The molecule has 0 aliphatic carbocycles. The summed E-state index contributed by atoms with van der Waals surface area (Å²) in [5.74, 6) is 0.781. The summed E-state index contributed by atoms with van der Waals surface area (Å²) in [6.07, 6.45) is 0. The Labute approximate surface area is 108 Å². The van der Waals surface area contributed by atoms with E-state index in [0.717, 1.165) is 11.1 Å². The SMILES string of the molecule is CNC(C)c1cc2c(Cl)c(Cl)cc(Cl)c2o1. The number of nitrogens with one attached hydrogen (secondary N) is 1. The molecule has 1 N–H and O–H groups in total. The smallest absolute Gasteiger partial charge is 0.154 e. The summed E-state index contributed by atoms with van der Waals surface area (Å²) in [5.41, 5.74) is 0.577. The summed E-state index contributed by atoms with van der Waals surface area (Å²) in [4.78, 5) is 0. The fourth-order valence-corrected chi connectivity index (χ4v) is 2.19. The highest BCUT2D eigenvalue weighted by atomic mass is 35.5. The molecule has 0 radical (unpaired) electrons. The lowest BCUT2D eigenvalue weighted by atomic mass is 10.2. The molecule has 0 bridgehead atoms. The van der Waals surface area contributed by atoms with Crippen LogP contribution in [0.4, 0.5) is 0 Å². The first-order chi connectivity index (χ1) is 7.54. The average molecular weight is 279 g/mol. The summed E-state index contributed by atoms with van der Waals surface area (Å²) in [6.45, 7) is 1.99. The van der Waals surface area contributed by atoms with Gasteiger partial charge in [0.05, 0.1) is 21.1 Å². The zero-order chi connectivity index (χ0) is 11.9. The molecule has 1 aromatic carbocycles. The van der Waals surface area contributed by atoms with E-state index in [1.165, 1.54) is 0 Å². The van der Waals surface area contributed by atoms with Crippen molar-refractivity contribution in [2.75, 3.05) is 7.05 Å². The lowest BCUT2D eigenvalue weighted by Crippen LogP contribution is -2.10. The number of hydrogen-bond acceptors (Lipinski definition) is 2. The molecular weight excluding hydrogens is 268 g/mol. The number of rotatable bonds is 2. The van der Waals surface area contributed by atoms with Crippen molar-refractivity contribution >= 4 is 45.8 Å². The van der Waals surface area contributed by atoms with Crippen molar-refractivity contribution in [3.05, 3.63) is 33.0 Å². The molecule has 0 fully saturated rings. The predicted molar refractivity (Wildman–Crippen MR) is 68.7 cm³/mol. The van der Waals surface area contributed by atoms with E-state index in [4.69, 9.17) is 39.2 Å². The molecule has 0 aliphatic rings. The van der Waals surface area contributed by atoms with Crippen LogP contribution in [0.1, 0.15) is 18.7 Å². The zero-order valence-electron chi connectivity index (χ0n) is 8.77. The summed E-state index contributed by atoms with van der Waals surface area (Å²) in [7, 11) is 1.86. The lowest BCUT2D eigenvalue weighted by molar-refractivity contribution is 0.475. The van der Waals surface area contributed by atoms with Crippen LogP contribution in [0.15, 0.2) is 16.5 Å². The molecule has 1 atom stereocenters. The van der Waals surface area contributed by atoms with Gasteiger partial charge in [0.1, 0.15) is 5.76 Å². The first-order valence-corrected chi connectivity index (χ1v) is 5.92. The van der Waals surface area contributed by atoms with Crippen molar-refractivity contribution in [2.24, 2.45) is 0 Å².